The monoisotopic (exact) mass is 271 g/mol. The van der Waals surface area contributed by atoms with Gasteiger partial charge in [-0.15, -0.1) is 0 Å². The fraction of sp³-hybridized carbons (Fsp3) is 0.500. The Morgan fingerprint density at radius 1 is 0.900 bits per heavy atom. The molecule has 2 rings (SSSR count). The summed E-state index contributed by atoms with van der Waals surface area (Å²) in [6.45, 7) is 2.25. The third-order valence-electron chi connectivity index (χ3n) is 3.79. The summed E-state index contributed by atoms with van der Waals surface area (Å²) in [6.07, 6.45) is 10.2. The molecule has 20 heavy (non-hydrogen) atoms. The Kier molecular flexibility index (Phi) is 5.85. The smallest absolute Gasteiger partial charge is 0.141 e. The molecule has 1 N–H and O–H groups in total. The van der Waals surface area contributed by atoms with Gasteiger partial charge in [-0.3, -0.25) is 0 Å². The van der Waals surface area contributed by atoms with E-state index in [0.29, 0.717) is 0 Å². The number of rotatable bonds is 8. The standard InChI is InChI=1S/C18H25NO/c1-2-3-4-5-6-7-8-11-16-14-13-15-10-9-12-17(20)18(15)19-16/h9-10,12-14,20H,2-8,11H2,1H3. The molecule has 0 aliphatic carbocycles. The van der Waals surface area contributed by atoms with Gasteiger partial charge in [-0.1, -0.05) is 63.6 Å². The molecule has 0 amide bonds. The van der Waals surface area contributed by atoms with E-state index >= 15 is 0 Å². The highest BCUT2D eigenvalue weighted by Gasteiger charge is 2.02. The summed E-state index contributed by atoms with van der Waals surface area (Å²) in [7, 11) is 0. The molecule has 108 valence electrons. The van der Waals surface area contributed by atoms with Gasteiger partial charge in [0.15, 0.2) is 0 Å². The molecule has 0 aliphatic heterocycles. The maximum atomic E-state index is 9.83. The van der Waals surface area contributed by atoms with Crippen molar-refractivity contribution >= 4 is 10.9 Å². The minimum atomic E-state index is 0.281. The summed E-state index contributed by atoms with van der Waals surface area (Å²) < 4.78 is 0. The first kappa shape index (κ1) is 14.8. The van der Waals surface area contributed by atoms with Crippen LogP contribution in [0.25, 0.3) is 10.9 Å². The number of unbranched alkanes of at least 4 members (excludes halogenated alkanes) is 6. The van der Waals surface area contributed by atoms with Gasteiger partial charge >= 0.3 is 0 Å². The number of benzene rings is 1. The number of para-hydroxylation sites is 1. The van der Waals surface area contributed by atoms with Gasteiger partial charge in [0.25, 0.3) is 0 Å². The van der Waals surface area contributed by atoms with Crippen LogP contribution in [0.2, 0.25) is 0 Å². The van der Waals surface area contributed by atoms with Crippen LogP contribution in [-0.4, -0.2) is 10.1 Å². The summed E-state index contributed by atoms with van der Waals surface area (Å²) in [5.41, 5.74) is 1.82. The quantitative estimate of drug-likeness (QED) is 0.666. The van der Waals surface area contributed by atoms with Gasteiger partial charge in [0.05, 0.1) is 0 Å². The summed E-state index contributed by atoms with van der Waals surface area (Å²) in [5, 5.41) is 10.8. The molecular weight excluding hydrogens is 246 g/mol. The van der Waals surface area contributed by atoms with Gasteiger partial charge in [0, 0.05) is 11.1 Å². The van der Waals surface area contributed by atoms with Crippen LogP contribution in [0.5, 0.6) is 5.75 Å². The first-order valence-electron chi connectivity index (χ1n) is 7.89. The predicted molar refractivity (Wildman–Crippen MR) is 85.1 cm³/mol. The van der Waals surface area contributed by atoms with E-state index in [9.17, 15) is 5.11 Å². The van der Waals surface area contributed by atoms with Crippen molar-refractivity contribution in [3.8, 4) is 5.75 Å². The second kappa shape index (κ2) is 7.88. The Morgan fingerprint density at radius 2 is 1.65 bits per heavy atom. The molecule has 0 fully saturated rings. The van der Waals surface area contributed by atoms with Crippen molar-refractivity contribution in [2.45, 2.75) is 58.3 Å². The van der Waals surface area contributed by atoms with Crippen molar-refractivity contribution in [1.29, 1.82) is 0 Å². The number of phenolic OH excluding ortho intramolecular Hbond substituents is 1. The minimum absolute atomic E-state index is 0.281. The van der Waals surface area contributed by atoms with Crippen LogP contribution >= 0.6 is 0 Å². The van der Waals surface area contributed by atoms with Crippen molar-refractivity contribution in [3.63, 3.8) is 0 Å². The number of fused-ring (bicyclic) bond motifs is 1. The minimum Gasteiger partial charge on any atom is -0.506 e. The van der Waals surface area contributed by atoms with Crippen LogP contribution < -0.4 is 0 Å². The largest absolute Gasteiger partial charge is 0.506 e. The van der Waals surface area contributed by atoms with Gasteiger partial charge in [0.2, 0.25) is 0 Å². The highest BCUT2D eigenvalue weighted by molar-refractivity contribution is 5.84. The lowest BCUT2D eigenvalue weighted by Crippen LogP contribution is -1.91. The molecule has 0 saturated carbocycles. The van der Waals surface area contributed by atoms with E-state index in [-0.39, 0.29) is 5.75 Å². The second-order valence-electron chi connectivity index (χ2n) is 5.52. The van der Waals surface area contributed by atoms with E-state index in [4.69, 9.17) is 0 Å². The first-order chi connectivity index (χ1) is 9.81. The Balaban J connectivity index is 1.80. The van der Waals surface area contributed by atoms with Gasteiger partial charge in [-0.2, -0.15) is 0 Å². The molecule has 2 aromatic rings. The molecule has 2 heteroatoms. The fourth-order valence-corrected chi connectivity index (χ4v) is 2.57. The molecule has 0 aliphatic rings. The molecule has 1 heterocycles. The number of aromatic hydroxyl groups is 1. The number of nitrogens with zero attached hydrogens (tertiary/aromatic N) is 1. The Hall–Kier alpha value is -1.57. The highest BCUT2D eigenvalue weighted by atomic mass is 16.3. The van der Waals surface area contributed by atoms with Crippen molar-refractivity contribution in [2.75, 3.05) is 0 Å². The highest BCUT2D eigenvalue weighted by Crippen LogP contribution is 2.22. The normalized spacial score (nSPS) is 11.1. The van der Waals surface area contributed by atoms with Crippen LogP contribution in [0.1, 0.15) is 57.6 Å². The van der Waals surface area contributed by atoms with E-state index in [2.05, 4.69) is 24.0 Å². The molecule has 0 spiro atoms. The van der Waals surface area contributed by atoms with Gasteiger partial charge in [-0.05, 0) is 25.0 Å². The molecule has 0 atom stereocenters. The van der Waals surface area contributed by atoms with Crippen LogP contribution in [0.3, 0.4) is 0 Å². The number of phenols is 1. The molecule has 1 aromatic carbocycles. The van der Waals surface area contributed by atoms with Gasteiger partial charge < -0.3 is 5.11 Å². The average Bonchev–Trinajstić information content (AvgIpc) is 2.47. The number of hydrogen-bond donors (Lipinski definition) is 1. The maximum absolute atomic E-state index is 9.83. The van der Waals surface area contributed by atoms with Crippen LogP contribution in [0.15, 0.2) is 30.3 Å². The summed E-state index contributed by atoms with van der Waals surface area (Å²) in [6, 6.07) is 9.68. The van der Waals surface area contributed by atoms with Crippen molar-refractivity contribution < 1.29 is 5.11 Å². The van der Waals surface area contributed by atoms with Gasteiger partial charge in [0.1, 0.15) is 11.3 Å². The lowest BCUT2D eigenvalue weighted by molar-refractivity contribution is 0.480. The number of hydrogen-bond acceptors (Lipinski definition) is 2. The second-order valence-corrected chi connectivity index (χ2v) is 5.52. The zero-order valence-electron chi connectivity index (χ0n) is 12.4. The third kappa shape index (κ3) is 4.22. The number of aromatic nitrogens is 1. The summed E-state index contributed by atoms with van der Waals surface area (Å²) >= 11 is 0. The zero-order chi connectivity index (χ0) is 14.2. The van der Waals surface area contributed by atoms with E-state index in [1.54, 1.807) is 6.07 Å². The van der Waals surface area contributed by atoms with Crippen molar-refractivity contribution in [2.24, 2.45) is 0 Å². The molecule has 0 bridgehead atoms. The molecule has 0 saturated heterocycles. The van der Waals surface area contributed by atoms with E-state index < -0.39 is 0 Å². The molecule has 1 aromatic heterocycles. The van der Waals surface area contributed by atoms with E-state index in [1.165, 1.54) is 44.9 Å². The summed E-state index contributed by atoms with van der Waals surface area (Å²) in [5.74, 6) is 0.281. The van der Waals surface area contributed by atoms with E-state index in [0.717, 1.165) is 23.0 Å². The maximum Gasteiger partial charge on any atom is 0.141 e. The van der Waals surface area contributed by atoms with Crippen molar-refractivity contribution in [3.05, 3.63) is 36.0 Å². The van der Waals surface area contributed by atoms with Gasteiger partial charge in [-0.25, -0.2) is 4.98 Å². The number of pyridine rings is 1. The Bertz CT molecular complexity index is 536. The van der Waals surface area contributed by atoms with Crippen molar-refractivity contribution in [1.82, 2.24) is 4.98 Å². The molecular formula is C18H25NO. The van der Waals surface area contributed by atoms with E-state index in [1.807, 2.05) is 12.1 Å². The van der Waals surface area contributed by atoms with Crippen LogP contribution in [-0.2, 0) is 6.42 Å². The SMILES string of the molecule is CCCCCCCCCc1ccc2cccc(O)c2n1. The molecule has 0 unspecified atom stereocenters. The number of aryl methyl sites for hydroxylation is 1. The Labute approximate surface area is 121 Å². The third-order valence-corrected chi connectivity index (χ3v) is 3.79. The molecule has 2 nitrogen and oxygen atoms in total. The van der Waals surface area contributed by atoms with Crippen LogP contribution in [0.4, 0.5) is 0 Å². The zero-order valence-corrected chi connectivity index (χ0v) is 12.4. The predicted octanol–water partition coefficient (Wildman–Crippen LogP) is 5.23. The lowest BCUT2D eigenvalue weighted by atomic mass is 10.1. The first-order valence-corrected chi connectivity index (χ1v) is 7.89. The molecule has 0 radical (unpaired) electrons. The fourth-order valence-electron chi connectivity index (χ4n) is 2.57. The summed E-state index contributed by atoms with van der Waals surface area (Å²) in [4.78, 5) is 4.57. The lowest BCUT2D eigenvalue weighted by Gasteiger charge is -2.05. The Morgan fingerprint density at radius 3 is 2.45 bits per heavy atom. The van der Waals surface area contributed by atoms with Crippen LogP contribution in [0, 0.1) is 0 Å². The topological polar surface area (TPSA) is 33.1 Å². The average molecular weight is 271 g/mol.